The van der Waals surface area contributed by atoms with E-state index in [1.165, 1.54) is 23.5 Å². The number of hydrogen-bond acceptors (Lipinski definition) is 2. The minimum absolute atomic E-state index is 0.0174. The Balaban J connectivity index is 2.24. The maximum atomic E-state index is 13.5. The molecule has 0 spiro atoms. The maximum absolute atomic E-state index is 13.5. The Hall–Kier alpha value is -1.19. The molecule has 4 heteroatoms. The van der Waals surface area contributed by atoms with Crippen LogP contribution >= 0.6 is 22.9 Å². The molecule has 0 aliphatic rings. The minimum atomic E-state index is -0.635. The molecule has 0 aliphatic carbocycles. The smallest absolute Gasteiger partial charge is 0.170 e. The number of thiophene rings is 1. The van der Waals surface area contributed by atoms with Gasteiger partial charge in [0.05, 0.1) is 10.6 Å². The molecule has 0 unspecified atom stereocenters. The van der Waals surface area contributed by atoms with E-state index in [-0.39, 0.29) is 22.8 Å². The van der Waals surface area contributed by atoms with E-state index in [0.29, 0.717) is 0 Å². The van der Waals surface area contributed by atoms with Crippen LogP contribution in [-0.2, 0) is 6.42 Å². The second-order valence-corrected chi connectivity index (χ2v) is 4.52. The summed E-state index contributed by atoms with van der Waals surface area (Å²) in [4.78, 5) is 11.8. The molecule has 82 valence electrons. The van der Waals surface area contributed by atoms with Crippen molar-refractivity contribution < 1.29 is 9.18 Å². The number of halogens is 2. The molecule has 16 heavy (non-hydrogen) atoms. The average Bonchev–Trinajstić information content (AvgIpc) is 2.74. The zero-order valence-corrected chi connectivity index (χ0v) is 9.82. The molecule has 1 aromatic heterocycles. The van der Waals surface area contributed by atoms with Crippen molar-refractivity contribution in [3.8, 4) is 0 Å². The van der Waals surface area contributed by atoms with Gasteiger partial charge in [-0.05, 0) is 34.5 Å². The highest BCUT2D eigenvalue weighted by Crippen LogP contribution is 2.19. The molecule has 0 N–H and O–H groups in total. The van der Waals surface area contributed by atoms with Crippen molar-refractivity contribution in [3.05, 3.63) is 57.0 Å². The molecule has 2 aromatic rings. The lowest BCUT2D eigenvalue weighted by Gasteiger charge is -2.02. The van der Waals surface area contributed by atoms with Crippen molar-refractivity contribution in [2.75, 3.05) is 0 Å². The van der Waals surface area contributed by atoms with E-state index in [1.807, 2.05) is 16.8 Å². The Kier molecular flexibility index (Phi) is 3.36. The van der Waals surface area contributed by atoms with Crippen LogP contribution < -0.4 is 0 Å². The molecular weight excluding hydrogens is 247 g/mol. The third kappa shape index (κ3) is 2.31. The molecule has 0 atom stereocenters. The molecule has 0 saturated carbocycles. The van der Waals surface area contributed by atoms with Crippen LogP contribution in [0, 0.1) is 5.82 Å². The van der Waals surface area contributed by atoms with Gasteiger partial charge in [0, 0.05) is 6.42 Å². The lowest BCUT2D eigenvalue weighted by atomic mass is 10.0. The summed E-state index contributed by atoms with van der Waals surface area (Å²) in [5.74, 6) is -0.886. The van der Waals surface area contributed by atoms with Crippen LogP contribution in [0.5, 0.6) is 0 Å². The molecule has 1 nitrogen and oxygen atoms in total. The molecule has 0 amide bonds. The molecule has 0 bridgehead atoms. The standard InChI is InChI=1S/C12H8ClFOS/c13-10-3-1-2-9(12(10)14)11(15)6-8-4-5-16-7-8/h1-5,7H,6H2. The fraction of sp³-hybridized carbons (Fsp3) is 0.0833. The number of Topliss-reactive ketones (excluding diaryl/α,β-unsaturated/α-hetero) is 1. The summed E-state index contributed by atoms with van der Waals surface area (Å²) >= 11 is 7.13. The van der Waals surface area contributed by atoms with Crippen LogP contribution in [0.25, 0.3) is 0 Å². The zero-order valence-electron chi connectivity index (χ0n) is 8.24. The van der Waals surface area contributed by atoms with Gasteiger partial charge < -0.3 is 0 Å². The number of ketones is 1. The van der Waals surface area contributed by atoms with Crippen molar-refractivity contribution in [1.82, 2.24) is 0 Å². The number of carbonyl (C=O) groups excluding carboxylic acids is 1. The van der Waals surface area contributed by atoms with Crippen LogP contribution in [0.2, 0.25) is 5.02 Å². The van der Waals surface area contributed by atoms with Crippen LogP contribution in [0.1, 0.15) is 15.9 Å². The summed E-state index contributed by atoms with van der Waals surface area (Å²) in [6.45, 7) is 0. The molecular formula is C12H8ClFOS. The molecule has 0 aliphatic heterocycles. The van der Waals surface area contributed by atoms with E-state index in [4.69, 9.17) is 11.6 Å². The predicted molar refractivity (Wildman–Crippen MR) is 63.8 cm³/mol. The highest BCUT2D eigenvalue weighted by molar-refractivity contribution is 7.08. The predicted octanol–water partition coefficient (Wildman–Crippen LogP) is 3.97. The van der Waals surface area contributed by atoms with E-state index in [1.54, 1.807) is 6.07 Å². The quantitative estimate of drug-likeness (QED) is 0.758. The third-order valence-electron chi connectivity index (χ3n) is 2.20. The van der Waals surface area contributed by atoms with Gasteiger partial charge >= 0.3 is 0 Å². The number of benzene rings is 1. The summed E-state index contributed by atoms with van der Waals surface area (Å²) < 4.78 is 13.5. The van der Waals surface area contributed by atoms with Gasteiger partial charge in [0.1, 0.15) is 0 Å². The summed E-state index contributed by atoms with van der Waals surface area (Å²) in [7, 11) is 0. The fourth-order valence-corrected chi connectivity index (χ4v) is 2.24. The van der Waals surface area contributed by atoms with Gasteiger partial charge in [-0.2, -0.15) is 11.3 Å². The van der Waals surface area contributed by atoms with E-state index in [2.05, 4.69) is 0 Å². The normalized spacial score (nSPS) is 10.4. The number of hydrogen-bond donors (Lipinski definition) is 0. The summed E-state index contributed by atoms with van der Waals surface area (Å²) in [5.41, 5.74) is 0.952. The SMILES string of the molecule is O=C(Cc1ccsc1)c1cccc(Cl)c1F. The topological polar surface area (TPSA) is 17.1 Å². The van der Waals surface area contributed by atoms with E-state index in [9.17, 15) is 9.18 Å². The Morgan fingerprint density at radius 1 is 1.38 bits per heavy atom. The largest absolute Gasteiger partial charge is 0.294 e. The van der Waals surface area contributed by atoms with Crippen molar-refractivity contribution in [3.63, 3.8) is 0 Å². The van der Waals surface area contributed by atoms with Gasteiger partial charge in [0.2, 0.25) is 0 Å². The Morgan fingerprint density at radius 3 is 2.88 bits per heavy atom. The molecule has 1 heterocycles. The first-order valence-corrected chi connectivity index (χ1v) is 5.99. The van der Waals surface area contributed by atoms with E-state index < -0.39 is 5.82 Å². The Morgan fingerprint density at radius 2 is 2.19 bits per heavy atom. The van der Waals surface area contributed by atoms with Crippen molar-refractivity contribution in [2.45, 2.75) is 6.42 Å². The molecule has 2 rings (SSSR count). The van der Waals surface area contributed by atoms with Crippen molar-refractivity contribution in [1.29, 1.82) is 0 Å². The zero-order chi connectivity index (χ0) is 11.5. The monoisotopic (exact) mass is 254 g/mol. The summed E-state index contributed by atoms with van der Waals surface area (Å²) in [6.07, 6.45) is 0.209. The molecule has 1 aromatic carbocycles. The van der Waals surface area contributed by atoms with Gasteiger partial charge in [-0.1, -0.05) is 17.7 Å². The lowest BCUT2D eigenvalue weighted by Crippen LogP contribution is -2.05. The van der Waals surface area contributed by atoms with Crippen molar-refractivity contribution in [2.24, 2.45) is 0 Å². The fourth-order valence-electron chi connectivity index (χ4n) is 1.39. The van der Waals surface area contributed by atoms with Crippen LogP contribution in [0.3, 0.4) is 0 Å². The minimum Gasteiger partial charge on any atom is -0.294 e. The molecule has 0 radical (unpaired) electrons. The van der Waals surface area contributed by atoms with Gasteiger partial charge in [0.25, 0.3) is 0 Å². The van der Waals surface area contributed by atoms with E-state index >= 15 is 0 Å². The first kappa shape index (κ1) is 11.3. The third-order valence-corrected chi connectivity index (χ3v) is 3.22. The Labute approximate surface area is 101 Å². The van der Waals surface area contributed by atoms with Crippen LogP contribution in [-0.4, -0.2) is 5.78 Å². The van der Waals surface area contributed by atoms with Gasteiger partial charge in [-0.25, -0.2) is 4.39 Å². The second kappa shape index (κ2) is 4.76. The molecule has 0 saturated heterocycles. The highest BCUT2D eigenvalue weighted by Gasteiger charge is 2.14. The second-order valence-electron chi connectivity index (χ2n) is 3.33. The van der Waals surface area contributed by atoms with Gasteiger partial charge in [-0.15, -0.1) is 0 Å². The molecule has 0 fully saturated rings. The summed E-state index contributed by atoms with van der Waals surface area (Å²) in [5, 5.41) is 3.74. The van der Waals surface area contributed by atoms with Crippen LogP contribution in [0.15, 0.2) is 35.0 Å². The Bertz CT molecular complexity index is 508. The number of rotatable bonds is 3. The lowest BCUT2D eigenvalue weighted by molar-refractivity contribution is 0.0989. The summed E-state index contributed by atoms with van der Waals surface area (Å²) in [6, 6.07) is 6.31. The van der Waals surface area contributed by atoms with Gasteiger partial charge in [0.15, 0.2) is 11.6 Å². The van der Waals surface area contributed by atoms with Crippen molar-refractivity contribution >= 4 is 28.7 Å². The first-order valence-electron chi connectivity index (χ1n) is 4.67. The van der Waals surface area contributed by atoms with E-state index in [0.717, 1.165) is 5.56 Å². The highest BCUT2D eigenvalue weighted by atomic mass is 35.5. The number of carbonyl (C=O) groups is 1. The first-order chi connectivity index (χ1) is 7.68. The van der Waals surface area contributed by atoms with Crippen LogP contribution in [0.4, 0.5) is 4.39 Å². The maximum Gasteiger partial charge on any atom is 0.170 e. The van der Waals surface area contributed by atoms with Gasteiger partial charge in [-0.3, -0.25) is 4.79 Å². The average molecular weight is 255 g/mol.